The lowest BCUT2D eigenvalue weighted by atomic mass is 10.2. The summed E-state index contributed by atoms with van der Waals surface area (Å²) in [5.41, 5.74) is 0. The van der Waals surface area contributed by atoms with Crippen LogP contribution in [0.4, 0.5) is 0 Å². The predicted octanol–water partition coefficient (Wildman–Crippen LogP) is 0.744. The van der Waals surface area contributed by atoms with E-state index in [-0.39, 0.29) is 17.4 Å². The van der Waals surface area contributed by atoms with Gasteiger partial charge in [-0.2, -0.15) is 0 Å². The standard InChI is InChI=1S/C12H17NO4S/c1-17-10-4-6-11(7-5-10)18(15,16)13-8-12(14)9-2-3-9/h4-7,9,12-14H,2-3,8H2,1H3. The highest BCUT2D eigenvalue weighted by molar-refractivity contribution is 7.89. The number of hydrogen-bond donors (Lipinski definition) is 2. The summed E-state index contributed by atoms with van der Waals surface area (Å²) in [4.78, 5) is 0.172. The Labute approximate surface area is 107 Å². The third-order valence-corrected chi connectivity index (χ3v) is 4.46. The Morgan fingerprint density at radius 2 is 2.00 bits per heavy atom. The fraction of sp³-hybridized carbons (Fsp3) is 0.500. The summed E-state index contributed by atoms with van der Waals surface area (Å²) < 4.78 is 31.2. The number of methoxy groups -OCH3 is 1. The third kappa shape index (κ3) is 3.22. The molecule has 1 unspecified atom stereocenters. The fourth-order valence-electron chi connectivity index (χ4n) is 1.68. The molecule has 0 amide bonds. The van der Waals surface area contributed by atoms with Gasteiger partial charge < -0.3 is 9.84 Å². The van der Waals surface area contributed by atoms with E-state index >= 15 is 0 Å². The van der Waals surface area contributed by atoms with Crippen molar-refractivity contribution in [3.63, 3.8) is 0 Å². The van der Waals surface area contributed by atoms with Crippen LogP contribution in [0.2, 0.25) is 0 Å². The number of hydrogen-bond acceptors (Lipinski definition) is 4. The second kappa shape index (κ2) is 5.26. The first-order valence-electron chi connectivity index (χ1n) is 5.85. The number of benzene rings is 1. The number of sulfonamides is 1. The van der Waals surface area contributed by atoms with Crippen LogP contribution in [-0.2, 0) is 10.0 Å². The minimum atomic E-state index is -3.55. The Balaban J connectivity index is 1.99. The van der Waals surface area contributed by atoms with E-state index in [1.165, 1.54) is 19.2 Å². The van der Waals surface area contributed by atoms with E-state index in [4.69, 9.17) is 4.74 Å². The van der Waals surface area contributed by atoms with Crippen LogP contribution >= 0.6 is 0 Å². The maximum absolute atomic E-state index is 11.9. The van der Waals surface area contributed by atoms with E-state index in [1.54, 1.807) is 12.1 Å². The zero-order valence-corrected chi connectivity index (χ0v) is 11.0. The highest BCUT2D eigenvalue weighted by Gasteiger charge is 2.30. The van der Waals surface area contributed by atoms with Gasteiger partial charge in [0.25, 0.3) is 0 Å². The quantitative estimate of drug-likeness (QED) is 0.800. The number of ether oxygens (including phenoxy) is 1. The molecule has 5 nitrogen and oxygen atoms in total. The van der Waals surface area contributed by atoms with Gasteiger partial charge >= 0.3 is 0 Å². The molecule has 2 N–H and O–H groups in total. The van der Waals surface area contributed by atoms with Crippen molar-refractivity contribution in [2.45, 2.75) is 23.8 Å². The molecule has 0 bridgehead atoms. The molecule has 0 radical (unpaired) electrons. The molecular formula is C12H17NO4S. The molecule has 0 aliphatic heterocycles. The van der Waals surface area contributed by atoms with Crippen molar-refractivity contribution in [1.82, 2.24) is 4.72 Å². The van der Waals surface area contributed by atoms with Crippen LogP contribution < -0.4 is 9.46 Å². The minimum absolute atomic E-state index is 0.0685. The number of aliphatic hydroxyl groups is 1. The van der Waals surface area contributed by atoms with Gasteiger partial charge in [-0.05, 0) is 43.0 Å². The molecule has 1 atom stereocenters. The summed E-state index contributed by atoms with van der Waals surface area (Å²) >= 11 is 0. The van der Waals surface area contributed by atoms with Crippen LogP contribution in [0.1, 0.15) is 12.8 Å². The number of nitrogens with one attached hydrogen (secondary N) is 1. The van der Waals surface area contributed by atoms with Crippen LogP contribution in [0, 0.1) is 5.92 Å². The zero-order chi connectivity index (χ0) is 13.2. The molecule has 2 rings (SSSR count). The molecule has 0 aromatic heterocycles. The van der Waals surface area contributed by atoms with E-state index in [0.717, 1.165) is 12.8 Å². The smallest absolute Gasteiger partial charge is 0.240 e. The van der Waals surface area contributed by atoms with Crippen LogP contribution in [0.25, 0.3) is 0 Å². The fourth-order valence-corrected chi connectivity index (χ4v) is 2.73. The maximum Gasteiger partial charge on any atom is 0.240 e. The highest BCUT2D eigenvalue weighted by atomic mass is 32.2. The van der Waals surface area contributed by atoms with Crippen molar-refractivity contribution in [2.24, 2.45) is 5.92 Å². The minimum Gasteiger partial charge on any atom is -0.497 e. The molecule has 6 heteroatoms. The molecule has 1 aliphatic carbocycles. The van der Waals surface area contributed by atoms with Crippen molar-refractivity contribution in [3.8, 4) is 5.75 Å². The van der Waals surface area contributed by atoms with E-state index in [0.29, 0.717) is 5.75 Å². The second-order valence-corrected chi connectivity index (χ2v) is 6.20. The summed E-state index contributed by atoms with van der Waals surface area (Å²) in [5, 5.41) is 9.63. The largest absolute Gasteiger partial charge is 0.497 e. The lowest BCUT2D eigenvalue weighted by Crippen LogP contribution is -2.33. The van der Waals surface area contributed by atoms with Crippen LogP contribution in [-0.4, -0.2) is 33.3 Å². The molecule has 18 heavy (non-hydrogen) atoms. The monoisotopic (exact) mass is 271 g/mol. The second-order valence-electron chi connectivity index (χ2n) is 4.43. The van der Waals surface area contributed by atoms with Gasteiger partial charge in [0.1, 0.15) is 5.75 Å². The highest BCUT2D eigenvalue weighted by Crippen LogP contribution is 2.32. The maximum atomic E-state index is 11.9. The van der Waals surface area contributed by atoms with Gasteiger partial charge in [0, 0.05) is 6.54 Å². The predicted molar refractivity (Wildman–Crippen MR) is 66.9 cm³/mol. The van der Waals surface area contributed by atoms with E-state index < -0.39 is 16.1 Å². The van der Waals surface area contributed by atoms with Crippen LogP contribution in [0.15, 0.2) is 29.2 Å². The first-order chi connectivity index (χ1) is 8.53. The van der Waals surface area contributed by atoms with Gasteiger partial charge in [0.05, 0.1) is 18.1 Å². The molecule has 100 valence electrons. The Bertz CT molecular complexity index is 493. The lowest BCUT2D eigenvalue weighted by molar-refractivity contribution is 0.155. The van der Waals surface area contributed by atoms with Crippen LogP contribution in [0.5, 0.6) is 5.75 Å². The SMILES string of the molecule is COc1ccc(S(=O)(=O)NCC(O)C2CC2)cc1. The van der Waals surface area contributed by atoms with Crippen molar-refractivity contribution in [3.05, 3.63) is 24.3 Å². The molecule has 1 aromatic rings. The van der Waals surface area contributed by atoms with Crippen LogP contribution in [0.3, 0.4) is 0 Å². The van der Waals surface area contributed by atoms with Gasteiger partial charge in [-0.1, -0.05) is 0 Å². The molecule has 0 heterocycles. The Morgan fingerprint density at radius 3 is 2.50 bits per heavy atom. The van der Waals surface area contributed by atoms with Gasteiger partial charge in [-0.25, -0.2) is 13.1 Å². The van der Waals surface area contributed by atoms with Crippen molar-refractivity contribution in [2.75, 3.05) is 13.7 Å². The summed E-state index contributed by atoms with van der Waals surface area (Å²) in [6, 6.07) is 6.13. The lowest BCUT2D eigenvalue weighted by Gasteiger charge is -2.11. The van der Waals surface area contributed by atoms with E-state index in [2.05, 4.69) is 4.72 Å². The molecule has 1 fully saturated rings. The Hall–Kier alpha value is -1.11. The normalized spacial score (nSPS) is 17.4. The zero-order valence-electron chi connectivity index (χ0n) is 10.2. The van der Waals surface area contributed by atoms with E-state index in [1.807, 2.05) is 0 Å². The van der Waals surface area contributed by atoms with Gasteiger partial charge in [-0.15, -0.1) is 0 Å². The van der Waals surface area contributed by atoms with Crippen molar-refractivity contribution >= 4 is 10.0 Å². The van der Waals surface area contributed by atoms with Crippen molar-refractivity contribution in [1.29, 1.82) is 0 Å². The average molecular weight is 271 g/mol. The number of rotatable bonds is 6. The molecule has 1 saturated carbocycles. The summed E-state index contributed by atoms with van der Waals surface area (Å²) in [7, 11) is -2.03. The molecule has 0 spiro atoms. The van der Waals surface area contributed by atoms with Gasteiger partial charge in [-0.3, -0.25) is 0 Å². The molecule has 0 saturated heterocycles. The van der Waals surface area contributed by atoms with Gasteiger partial charge in [0.2, 0.25) is 10.0 Å². The average Bonchev–Trinajstić information content (AvgIpc) is 3.20. The molecule has 1 aliphatic rings. The van der Waals surface area contributed by atoms with Crippen molar-refractivity contribution < 1.29 is 18.3 Å². The topological polar surface area (TPSA) is 75.6 Å². The summed E-state index contributed by atoms with van der Waals surface area (Å²) in [6.07, 6.45) is 1.37. The first kappa shape index (κ1) is 13.3. The molecular weight excluding hydrogens is 254 g/mol. The summed E-state index contributed by atoms with van der Waals surface area (Å²) in [6.45, 7) is 0.0685. The third-order valence-electron chi connectivity index (χ3n) is 3.02. The first-order valence-corrected chi connectivity index (χ1v) is 7.33. The number of aliphatic hydroxyl groups excluding tert-OH is 1. The Kier molecular flexibility index (Phi) is 3.89. The Morgan fingerprint density at radius 1 is 1.39 bits per heavy atom. The molecule has 1 aromatic carbocycles. The van der Waals surface area contributed by atoms with Gasteiger partial charge in [0.15, 0.2) is 0 Å². The summed E-state index contributed by atoms with van der Waals surface area (Å²) in [5.74, 6) is 0.857. The van der Waals surface area contributed by atoms with E-state index in [9.17, 15) is 13.5 Å².